The summed E-state index contributed by atoms with van der Waals surface area (Å²) in [4.78, 5) is 11.5. The Kier molecular flexibility index (Phi) is 2.68. The summed E-state index contributed by atoms with van der Waals surface area (Å²) < 4.78 is 5.20. The van der Waals surface area contributed by atoms with Gasteiger partial charge >= 0.3 is 5.63 Å². The van der Waals surface area contributed by atoms with E-state index in [1.54, 1.807) is 12.1 Å². The molecule has 2 aromatic rings. The quantitative estimate of drug-likeness (QED) is 0.563. The van der Waals surface area contributed by atoms with Gasteiger partial charge in [0.25, 0.3) is 0 Å². The summed E-state index contributed by atoms with van der Waals surface area (Å²) in [6, 6.07) is 9.42. The van der Waals surface area contributed by atoms with Gasteiger partial charge in [-0.05, 0) is 25.0 Å². The molecule has 0 radical (unpaired) electrons. The van der Waals surface area contributed by atoms with Gasteiger partial charge in [-0.3, -0.25) is 0 Å². The molecule has 2 heteroatoms. The third-order valence-electron chi connectivity index (χ3n) is 2.33. The van der Waals surface area contributed by atoms with Gasteiger partial charge < -0.3 is 4.42 Å². The average molecular weight is 200 g/mol. The fraction of sp³-hybridized carbons (Fsp3) is 0.154. The zero-order valence-electron chi connectivity index (χ0n) is 8.40. The predicted molar refractivity (Wildman–Crippen MR) is 61.0 cm³/mol. The second-order valence-electron chi connectivity index (χ2n) is 3.42. The molecule has 76 valence electrons. The van der Waals surface area contributed by atoms with E-state index in [1.807, 2.05) is 24.3 Å². The Morgan fingerprint density at radius 2 is 2.13 bits per heavy atom. The van der Waals surface area contributed by atoms with E-state index in [9.17, 15) is 4.79 Å². The molecule has 2 rings (SSSR count). The highest BCUT2D eigenvalue weighted by molar-refractivity contribution is 5.76. The van der Waals surface area contributed by atoms with Crippen LogP contribution in [0.5, 0.6) is 0 Å². The Morgan fingerprint density at radius 3 is 2.93 bits per heavy atom. The van der Waals surface area contributed by atoms with Crippen LogP contribution >= 0.6 is 0 Å². The van der Waals surface area contributed by atoms with E-state index in [-0.39, 0.29) is 5.63 Å². The van der Waals surface area contributed by atoms with Crippen LogP contribution in [0.2, 0.25) is 0 Å². The van der Waals surface area contributed by atoms with Gasteiger partial charge in [0, 0.05) is 10.9 Å². The van der Waals surface area contributed by atoms with E-state index in [1.165, 1.54) is 0 Å². The van der Waals surface area contributed by atoms with Crippen LogP contribution in [-0.4, -0.2) is 0 Å². The Hall–Kier alpha value is -1.83. The van der Waals surface area contributed by atoms with Gasteiger partial charge in [0.2, 0.25) is 0 Å². The SMILES string of the molecule is C=CCCc1cc2ccccc2oc1=O. The van der Waals surface area contributed by atoms with E-state index in [0.717, 1.165) is 11.8 Å². The Labute approximate surface area is 87.8 Å². The predicted octanol–water partition coefficient (Wildman–Crippen LogP) is 2.91. The Morgan fingerprint density at radius 1 is 1.33 bits per heavy atom. The second-order valence-corrected chi connectivity index (χ2v) is 3.42. The lowest BCUT2D eigenvalue weighted by atomic mass is 10.1. The van der Waals surface area contributed by atoms with Gasteiger partial charge in [-0.25, -0.2) is 4.79 Å². The first kappa shape index (κ1) is 9.71. The maximum atomic E-state index is 11.5. The number of hydrogen-bond donors (Lipinski definition) is 0. The van der Waals surface area contributed by atoms with Crippen LogP contribution in [0.1, 0.15) is 12.0 Å². The van der Waals surface area contributed by atoms with Gasteiger partial charge in [-0.1, -0.05) is 24.3 Å². The molecule has 0 saturated carbocycles. The molecule has 0 aliphatic carbocycles. The second kappa shape index (κ2) is 4.13. The molecule has 0 bridgehead atoms. The molecule has 2 nitrogen and oxygen atoms in total. The van der Waals surface area contributed by atoms with Crippen LogP contribution in [0.25, 0.3) is 11.0 Å². The summed E-state index contributed by atoms with van der Waals surface area (Å²) in [7, 11) is 0. The molecule has 0 aliphatic heterocycles. The van der Waals surface area contributed by atoms with E-state index in [4.69, 9.17) is 4.42 Å². The Balaban J connectivity index is 2.52. The van der Waals surface area contributed by atoms with Crippen molar-refractivity contribution in [2.75, 3.05) is 0 Å². The molecule has 0 aliphatic rings. The highest BCUT2D eigenvalue weighted by Crippen LogP contribution is 2.13. The van der Waals surface area contributed by atoms with Crippen LogP contribution in [0.3, 0.4) is 0 Å². The number of para-hydroxylation sites is 1. The van der Waals surface area contributed by atoms with E-state index in [2.05, 4.69) is 6.58 Å². The zero-order chi connectivity index (χ0) is 10.7. The van der Waals surface area contributed by atoms with Crippen molar-refractivity contribution >= 4 is 11.0 Å². The molecule has 0 saturated heterocycles. The maximum absolute atomic E-state index is 11.5. The minimum Gasteiger partial charge on any atom is -0.423 e. The lowest BCUT2D eigenvalue weighted by molar-refractivity contribution is 0.550. The highest BCUT2D eigenvalue weighted by atomic mass is 16.4. The molecular formula is C13H12O2. The first-order valence-electron chi connectivity index (χ1n) is 4.94. The number of fused-ring (bicyclic) bond motifs is 1. The monoisotopic (exact) mass is 200 g/mol. The van der Waals surface area contributed by atoms with Crippen molar-refractivity contribution in [3.63, 3.8) is 0 Å². The molecule has 0 fully saturated rings. The smallest absolute Gasteiger partial charge is 0.339 e. The molecule has 1 aromatic heterocycles. The number of allylic oxidation sites excluding steroid dienone is 1. The summed E-state index contributed by atoms with van der Waals surface area (Å²) in [5.74, 6) is 0. The molecule has 15 heavy (non-hydrogen) atoms. The lowest BCUT2D eigenvalue weighted by Crippen LogP contribution is -2.06. The number of aryl methyl sites for hydroxylation is 1. The van der Waals surface area contributed by atoms with E-state index in [0.29, 0.717) is 17.6 Å². The average Bonchev–Trinajstić information content (AvgIpc) is 2.26. The lowest BCUT2D eigenvalue weighted by Gasteiger charge is -1.99. The number of benzene rings is 1. The van der Waals surface area contributed by atoms with Gasteiger partial charge in [0.1, 0.15) is 5.58 Å². The van der Waals surface area contributed by atoms with Crippen molar-refractivity contribution in [2.45, 2.75) is 12.8 Å². The Bertz CT molecular complexity index is 537. The molecule has 1 heterocycles. The van der Waals surface area contributed by atoms with E-state index < -0.39 is 0 Å². The molecule has 0 atom stereocenters. The largest absolute Gasteiger partial charge is 0.423 e. The first-order valence-corrected chi connectivity index (χ1v) is 4.94. The summed E-state index contributed by atoms with van der Waals surface area (Å²) in [6.07, 6.45) is 3.29. The van der Waals surface area contributed by atoms with Crippen molar-refractivity contribution in [1.29, 1.82) is 0 Å². The van der Waals surface area contributed by atoms with E-state index >= 15 is 0 Å². The minimum absolute atomic E-state index is 0.240. The zero-order valence-corrected chi connectivity index (χ0v) is 8.40. The standard InChI is InChI=1S/C13H12O2/c1-2-3-6-11-9-10-7-4-5-8-12(10)15-13(11)14/h2,4-5,7-9H,1,3,6H2. The summed E-state index contributed by atoms with van der Waals surface area (Å²) in [5, 5.41) is 0.969. The minimum atomic E-state index is -0.240. The topological polar surface area (TPSA) is 30.2 Å². The van der Waals surface area contributed by atoms with Crippen molar-refractivity contribution in [1.82, 2.24) is 0 Å². The summed E-state index contributed by atoms with van der Waals surface area (Å²) in [5.41, 5.74) is 1.12. The molecule has 0 amide bonds. The van der Waals surface area contributed by atoms with Crippen LogP contribution in [0, 0.1) is 0 Å². The van der Waals surface area contributed by atoms with Crippen molar-refractivity contribution in [2.24, 2.45) is 0 Å². The number of rotatable bonds is 3. The molecule has 1 aromatic carbocycles. The first-order chi connectivity index (χ1) is 7.31. The highest BCUT2D eigenvalue weighted by Gasteiger charge is 2.03. The third-order valence-corrected chi connectivity index (χ3v) is 2.33. The summed E-state index contributed by atoms with van der Waals surface area (Å²) in [6.45, 7) is 3.64. The van der Waals surface area contributed by atoms with Gasteiger partial charge in [0.05, 0.1) is 0 Å². The maximum Gasteiger partial charge on any atom is 0.339 e. The fourth-order valence-electron chi connectivity index (χ4n) is 1.54. The third kappa shape index (κ3) is 1.99. The van der Waals surface area contributed by atoms with Gasteiger partial charge in [-0.15, -0.1) is 6.58 Å². The normalized spacial score (nSPS) is 10.4. The van der Waals surface area contributed by atoms with Gasteiger partial charge in [-0.2, -0.15) is 0 Å². The van der Waals surface area contributed by atoms with Crippen LogP contribution in [0.4, 0.5) is 0 Å². The molecule has 0 N–H and O–H groups in total. The summed E-state index contributed by atoms with van der Waals surface area (Å²) >= 11 is 0. The van der Waals surface area contributed by atoms with Crippen molar-refractivity contribution in [3.8, 4) is 0 Å². The van der Waals surface area contributed by atoms with Crippen LogP contribution in [0.15, 0.2) is 52.2 Å². The van der Waals surface area contributed by atoms with Crippen molar-refractivity contribution in [3.05, 3.63) is 59.0 Å². The van der Waals surface area contributed by atoms with Crippen molar-refractivity contribution < 1.29 is 4.42 Å². The fourth-order valence-corrected chi connectivity index (χ4v) is 1.54. The number of hydrogen-bond acceptors (Lipinski definition) is 2. The molecule has 0 spiro atoms. The van der Waals surface area contributed by atoms with Gasteiger partial charge in [0.15, 0.2) is 0 Å². The molecular weight excluding hydrogens is 188 g/mol. The van der Waals surface area contributed by atoms with Crippen LogP contribution < -0.4 is 5.63 Å². The van der Waals surface area contributed by atoms with Crippen LogP contribution in [-0.2, 0) is 6.42 Å². The molecule has 0 unspecified atom stereocenters.